The Morgan fingerprint density at radius 1 is 0.966 bits per heavy atom. The molecule has 0 amide bonds. The third kappa shape index (κ3) is 3.28. The Labute approximate surface area is 170 Å². The van der Waals surface area contributed by atoms with E-state index in [0.717, 1.165) is 41.3 Å². The van der Waals surface area contributed by atoms with Crippen molar-refractivity contribution in [1.82, 2.24) is 24.1 Å². The summed E-state index contributed by atoms with van der Waals surface area (Å²) in [6, 6.07) is 9.35. The lowest BCUT2D eigenvalue weighted by atomic mass is 10.2. The molecule has 0 spiro atoms. The largest absolute Gasteiger partial charge is 0.353 e. The molecule has 29 heavy (non-hydrogen) atoms. The van der Waals surface area contributed by atoms with Crippen molar-refractivity contribution in [2.45, 2.75) is 37.5 Å². The van der Waals surface area contributed by atoms with Gasteiger partial charge in [0.05, 0.1) is 4.90 Å². The number of benzene rings is 1. The van der Waals surface area contributed by atoms with Crippen LogP contribution in [0.3, 0.4) is 0 Å². The minimum atomic E-state index is -3.49. The third-order valence-corrected chi connectivity index (χ3v) is 7.79. The first kappa shape index (κ1) is 18.5. The SMILES string of the molecule is Cc1ccc(S(=O)(=O)N2CCN(c3ccc4nnc(C5CC5)n4n3)CC2)c(C)c1. The molecule has 2 fully saturated rings. The van der Waals surface area contributed by atoms with Crippen LogP contribution in [0.5, 0.6) is 0 Å². The molecular weight excluding hydrogens is 388 g/mol. The fraction of sp³-hybridized carbons (Fsp3) is 0.450. The van der Waals surface area contributed by atoms with Gasteiger partial charge >= 0.3 is 0 Å². The van der Waals surface area contributed by atoms with Gasteiger partial charge in [0.1, 0.15) is 5.82 Å². The number of aryl methyl sites for hydroxylation is 2. The second-order valence-electron chi connectivity index (χ2n) is 7.95. The number of nitrogens with zero attached hydrogens (tertiary/aromatic N) is 6. The number of rotatable bonds is 4. The van der Waals surface area contributed by atoms with E-state index in [-0.39, 0.29) is 0 Å². The molecule has 1 saturated carbocycles. The van der Waals surface area contributed by atoms with Crippen molar-refractivity contribution in [2.75, 3.05) is 31.1 Å². The van der Waals surface area contributed by atoms with E-state index in [1.807, 2.05) is 42.6 Å². The number of fused-ring (bicyclic) bond motifs is 1. The van der Waals surface area contributed by atoms with E-state index < -0.39 is 10.0 Å². The fourth-order valence-corrected chi connectivity index (χ4v) is 5.57. The van der Waals surface area contributed by atoms with Gasteiger partial charge in [0.15, 0.2) is 11.5 Å². The Hall–Kier alpha value is -2.52. The summed E-state index contributed by atoms with van der Waals surface area (Å²) in [5, 5.41) is 13.2. The van der Waals surface area contributed by atoms with E-state index >= 15 is 0 Å². The maximum Gasteiger partial charge on any atom is 0.243 e. The topological polar surface area (TPSA) is 83.7 Å². The quantitative estimate of drug-likeness (QED) is 0.653. The van der Waals surface area contributed by atoms with Crippen LogP contribution in [0.4, 0.5) is 5.82 Å². The number of hydrogen-bond donors (Lipinski definition) is 0. The molecule has 152 valence electrons. The lowest BCUT2D eigenvalue weighted by molar-refractivity contribution is 0.383. The van der Waals surface area contributed by atoms with Gasteiger partial charge < -0.3 is 4.90 Å². The van der Waals surface area contributed by atoms with Gasteiger partial charge in [-0.1, -0.05) is 17.7 Å². The summed E-state index contributed by atoms with van der Waals surface area (Å²) in [6.45, 7) is 5.90. The van der Waals surface area contributed by atoms with E-state index in [4.69, 9.17) is 5.10 Å². The Kier molecular flexibility index (Phi) is 4.32. The standard InChI is InChI=1S/C20H24N6O2S/c1-14-3-6-17(15(2)13-14)29(27,28)25-11-9-24(10-12-25)19-8-7-18-21-22-20(16-4-5-16)26(18)23-19/h3,6-8,13,16H,4-5,9-12H2,1-2H3. The Morgan fingerprint density at radius 2 is 1.72 bits per heavy atom. The van der Waals surface area contributed by atoms with Crippen molar-refractivity contribution in [1.29, 1.82) is 0 Å². The number of piperazine rings is 1. The van der Waals surface area contributed by atoms with Gasteiger partial charge in [-0.3, -0.25) is 0 Å². The highest BCUT2D eigenvalue weighted by Gasteiger charge is 2.31. The summed E-state index contributed by atoms with van der Waals surface area (Å²) in [4.78, 5) is 2.53. The first-order chi connectivity index (χ1) is 13.9. The zero-order valence-electron chi connectivity index (χ0n) is 16.6. The van der Waals surface area contributed by atoms with Crippen LogP contribution in [0.25, 0.3) is 5.65 Å². The molecule has 0 unspecified atom stereocenters. The predicted octanol–water partition coefficient (Wildman–Crippen LogP) is 2.13. The van der Waals surface area contributed by atoms with E-state index in [0.29, 0.717) is 37.0 Å². The molecule has 2 aromatic heterocycles. The monoisotopic (exact) mass is 412 g/mol. The summed E-state index contributed by atoms with van der Waals surface area (Å²) < 4.78 is 29.6. The molecular formula is C20H24N6O2S. The van der Waals surface area contributed by atoms with Gasteiger partial charge in [-0.2, -0.15) is 8.82 Å². The lowest BCUT2D eigenvalue weighted by Crippen LogP contribution is -2.49. The molecule has 0 bridgehead atoms. The fourth-order valence-electron chi connectivity index (χ4n) is 3.95. The highest BCUT2D eigenvalue weighted by atomic mass is 32.2. The van der Waals surface area contributed by atoms with Crippen molar-refractivity contribution in [3.63, 3.8) is 0 Å². The minimum Gasteiger partial charge on any atom is -0.353 e. The molecule has 5 rings (SSSR count). The summed E-state index contributed by atoms with van der Waals surface area (Å²) in [5.41, 5.74) is 2.61. The maximum absolute atomic E-state index is 13.1. The first-order valence-corrected chi connectivity index (χ1v) is 11.4. The average molecular weight is 413 g/mol. The summed E-state index contributed by atoms with van der Waals surface area (Å²) in [6.07, 6.45) is 2.28. The van der Waals surface area contributed by atoms with E-state index in [1.165, 1.54) is 0 Å². The van der Waals surface area contributed by atoms with Gasteiger partial charge in [-0.25, -0.2) is 8.42 Å². The second kappa shape index (κ2) is 6.77. The van der Waals surface area contributed by atoms with Crippen LogP contribution in [0.2, 0.25) is 0 Å². The zero-order chi connectivity index (χ0) is 20.2. The third-order valence-electron chi connectivity index (χ3n) is 5.73. The first-order valence-electron chi connectivity index (χ1n) is 9.98. The average Bonchev–Trinajstić information content (AvgIpc) is 3.46. The summed E-state index contributed by atoms with van der Waals surface area (Å²) in [7, 11) is -3.49. The summed E-state index contributed by atoms with van der Waals surface area (Å²) in [5.74, 6) is 2.23. The molecule has 3 heterocycles. The van der Waals surface area contributed by atoms with Gasteiger partial charge in [0.2, 0.25) is 10.0 Å². The lowest BCUT2D eigenvalue weighted by Gasteiger charge is -2.34. The maximum atomic E-state index is 13.1. The van der Waals surface area contributed by atoms with Crippen molar-refractivity contribution < 1.29 is 8.42 Å². The van der Waals surface area contributed by atoms with Crippen molar-refractivity contribution in [3.05, 3.63) is 47.3 Å². The van der Waals surface area contributed by atoms with Crippen molar-refractivity contribution in [2.24, 2.45) is 0 Å². The van der Waals surface area contributed by atoms with Crippen LogP contribution in [0, 0.1) is 13.8 Å². The van der Waals surface area contributed by atoms with Crippen molar-refractivity contribution in [3.8, 4) is 0 Å². The summed E-state index contributed by atoms with van der Waals surface area (Å²) >= 11 is 0. The molecule has 1 aliphatic carbocycles. The number of sulfonamides is 1. The molecule has 2 aliphatic rings. The highest BCUT2D eigenvalue weighted by Crippen LogP contribution is 2.38. The van der Waals surface area contributed by atoms with E-state index in [1.54, 1.807) is 10.4 Å². The van der Waals surface area contributed by atoms with Crippen LogP contribution >= 0.6 is 0 Å². The number of anilines is 1. The Morgan fingerprint density at radius 3 is 2.41 bits per heavy atom. The van der Waals surface area contributed by atoms with Crippen LogP contribution in [-0.4, -0.2) is 58.7 Å². The van der Waals surface area contributed by atoms with Crippen LogP contribution < -0.4 is 4.90 Å². The molecule has 0 N–H and O–H groups in total. The highest BCUT2D eigenvalue weighted by molar-refractivity contribution is 7.89. The Bertz CT molecular complexity index is 1180. The molecule has 3 aromatic rings. The number of aromatic nitrogens is 4. The van der Waals surface area contributed by atoms with Crippen LogP contribution in [0.15, 0.2) is 35.2 Å². The van der Waals surface area contributed by atoms with Gasteiger partial charge in [-0.05, 0) is 50.5 Å². The zero-order valence-corrected chi connectivity index (χ0v) is 17.4. The molecule has 8 nitrogen and oxygen atoms in total. The number of hydrogen-bond acceptors (Lipinski definition) is 6. The molecule has 0 atom stereocenters. The molecule has 0 radical (unpaired) electrons. The molecule has 1 saturated heterocycles. The van der Waals surface area contributed by atoms with E-state index in [9.17, 15) is 8.42 Å². The van der Waals surface area contributed by atoms with Crippen LogP contribution in [-0.2, 0) is 10.0 Å². The van der Waals surface area contributed by atoms with Gasteiger partial charge in [0.25, 0.3) is 0 Å². The molecule has 1 aliphatic heterocycles. The smallest absolute Gasteiger partial charge is 0.243 e. The molecule has 1 aromatic carbocycles. The van der Waals surface area contributed by atoms with Gasteiger partial charge in [-0.15, -0.1) is 15.3 Å². The van der Waals surface area contributed by atoms with E-state index in [2.05, 4.69) is 15.1 Å². The predicted molar refractivity (Wildman–Crippen MR) is 110 cm³/mol. The molecule has 9 heteroatoms. The Balaban J connectivity index is 1.35. The van der Waals surface area contributed by atoms with Gasteiger partial charge in [0, 0.05) is 32.1 Å². The van der Waals surface area contributed by atoms with Crippen molar-refractivity contribution >= 4 is 21.5 Å². The normalized spacial score (nSPS) is 18.5. The van der Waals surface area contributed by atoms with Crippen LogP contribution in [0.1, 0.15) is 35.7 Å². The second-order valence-corrected chi connectivity index (χ2v) is 9.86. The minimum absolute atomic E-state index is 0.398.